The van der Waals surface area contributed by atoms with Crippen molar-refractivity contribution in [2.75, 3.05) is 11.9 Å². The fraction of sp³-hybridized carbons (Fsp3) is 0.467. The molecule has 1 unspecified atom stereocenters. The molecule has 1 fully saturated rings. The van der Waals surface area contributed by atoms with Crippen molar-refractivity contribution >= 4 is 17.5 Å². The van der Waals surface area contributed by atoms with Gasteiger partial charge in [0.05, 0.1) is 5.69 Å². The third kappa shape index (κ3) is 1.94. The van der Waals surface area contributed by atoms with Gasteiger partial charge in [-0.1, -0.05) is 6.07 Å². The van der Waals surface area contributed by atoms with E-state index in [0.29, 0.717) is 11.4 Å². The summed E-state index contributed by atoms with van der Waals surface area (Å²) in [7, 11) is 1.67. The average Bonchev–Trinajstić information content (AvgIpc) is 3.21. The molecule has 0 bridgehead atoms. The minimum absolute atomic E-state index is 0.195. The topological polar surface area (TPSA) is 58.6 Å². The molecule has 1 aliphatic heterocycles. The zero-order valence-electron chi connectivity index (χ0n) is 11.9. The van der Waals surface area contributed by atoms with Crippen LogP contribution in [0.5, 0.6) is 5.75 Å². The molecule has 5 heteroatoms. The first kappa shape index (κ1) is 13.0. The second kappa shape index (κ2) is 4.23. The van der Waals surface area contributed by atoms with Crippen molar-refractivity contribution in [2.24, 2.45) is 0 Å². The van der Waals surface area contributed by atoms with Gasteiger partial charge >= 0.3 is 0 Å². The van der Waals surface area contributed by atoms with Crippen LogP contribution >= 0.6 is 0 Å². The van der Waals surface area contributed by atoms with E-state index in [-0.39, 0.29) is 17.9 Å². The van der Waals surface area contributed by atoms with Crippen LogP contribution in [0.1, 0.15) is 25.3 Å². The lowest BCUT2D eigenvalue weighted by Gasteiger charge is -2.38. The van der Waals surface area contributed by atoms with E-state index >= 15 is 0 Å². The normalized spacial score (nSPS) is 24.9. The second-order valence-corrected chi connectivity index (χ2v) is 5.72. The minimum Gasteiger partial charge on any atom is -0.466 e. The van der Waals surface area contributed by atoms with Gasteiger partial charge in [0.15, 0.2) is 0 Å². The van der Waals surface area contributed by atoms with Crippen molar-refractivity contribution in [2.45, 2.75) is 38.3 Å². The van der Waals surface area contributed by atoms with E-state index in [9.17, 15) is 9.59 Å². The highest BCUT2D eigenvalue weighted by Crippen LogP contribution is 2.38. The number of nitrogens with zero attached hydrogens (tertiary/aromatic N) is 1. The standard InChI is InChI=1S/C15H18N2O3/c1-9-4-7-12-11(8-9)17(3)14(19)15(2,20-12)13(18)16-10-5-6-10/h4,7-8,10H,5-6H2,1-3H3,(H,16,18). The Morgan fingerprint density at radius 1 is 1.45 bits per heavy atom. The Balaban J connectivity index is 1.96. The molecule has 1 aliphatic carbocycles. The van der Waals surface area contributed by atoms with Gasteiger partial charge in [-0.15, -0.1) is 0 Å². The Bertz CT molecular complexity index is 595. The maximum atomic E-state index is 12.5. The van der Waals surface area contributed by atoms with Gasteiger partial charge in [-0.25, -0.2) is 0 Å². The number of aryl methyl sites for hydroxylation is 1. The lowest BCUT2D eigenvalue weighted by atomic mass is 10.00. The van der Waals surface area contributed by atoms with Gasteiger partial charge in [-0.05, 0) is 44.4 Å². The quantitative estimate of drug-likeness (QED) is 0.829. The Morgan fingerprint density at radius 3 is 2.80 bits per heavy atom. The summed E-state index contributed by atoms with van der Waals surface area (Å²) in [4.78, 5) is 26.3. The number of fused-ring (bicyclic) bond motifs is 1. The number of nitrogens with one attached hydrogen (secondary N) is 1. The van der Waals surface area contributed by atoms with Crippen LogP contribution in [0.4, 0.5) is 5.69 Å². The number of benzene rings is 1. The molecule has 1 aromatic rings. The van der Waals surface area contributed by atoms with Crippen LogP contribution in [-0.2, 0) is 9.59 Å². The third-order valence-corrected chi connectivity index (χ3v) is 3.85. The number of rotatable bonds is 2. The number of hydrogen-bond acceptors (Lipinski definition) is 3. The summed E-state index contributed by atoms with van der Waals surface area (Å²) in [5.41, 5.74) is 0.254. The highest BCUT2D eigenvalue weighted by atomic mass is 16.5. The summed E-state index contributed by atoms with van der Waals surface area (Å²) in [5.74, 6) is -0.136. The van der Waals surface area contributed by atoms with Crippen LogP contribution in [0.15, 0.2) is 18.2 Å². The lowest BCUT2D eigenvalue weighted by Crippen LogP contribution is -2.61. The summed E-state index contributed by atoms with van der Waals surface area (Å²) in [6.07, 6.45) is 1.95. The Labute approximate surface area is 117 Å². The summed E-state index contributed by atoms with van der Waals surface area (Å²) in [6, 6.07) is 5.78. The molecule has 0 spiro atoms. The van der Waals surface area contributed by atoms with E-state index in [1.165, 1.54) is 11.8 Å². The molecule has 2 aliphatic rings. The highest BCUT2D eigenvalue weighted by Gasteiger charge is 2.50. The van der Waals surface area contributed by atoms with Crippen LogP contribution < -0.4 is 15.0 Å². The summed E-state index contributed by atoms with van der Waals surface area (Å²) < 4.78 is 5.74. The number of likely N-dealkylation sites (N-methyl/N-ethyl adjacent to an activating group) is 1. The minimum atomic E-state index is -1.49. The Hall–Kier alpha value is -2.04. The van der Waals surface area contributed by atoms with E-state index in [1.54, 1.807) is 13.1 Å². The monoisotopic (exact) mass is 274 g/mol. The molecule has 1 atom stereocenters. The third-order valence-electron chi connectivity index (χ3n) is 3.85. The number of carbonyl (C=O) groups is 2. The fourth-order valence-corrected chi connectivity index (χ4v) is 2.36. The van der Waals surface area contributed by atoms with Gasteiger partial charge in [0, 0.05) is 13.1 Å². The van der Waals surface area contributed by atoms with Crippen molar-refractivity contribution in [1.29, 1.82) is 0 Å². The van der Waals surface area contributed by atoms with Crippen LogP contribution in [0, 0.1) is 6.92 Å². The van der Waals surface area contributed by atoms with E-state index < -0.39 is 5.60 Å². The van der Waals surface area contributed by atoms with E-state index in [2.05, 4.69) is 5.32 Å². The van der Waals surface area contributed by atoms with Gasteiger partial charge in [0.25, 0.3) is 17.4 Å². The molecule has 0 aromatic heterocycles. The molecular formula is C15H18N2O3. The van der Waals surface area contributed by atoms with Crippen LogP contribution in [-0.4, -0.2) is 30.5 Å². The first-order valence-electron chi connectivity index (χ1n) is 6.80. The summed E-state index contributed by atoms with van der Waals surface area (Å²) in [5, 5.41) is 2.85. The van der Waals surface area contributed by atoms with Crippen molar-refractivity contribution in [1.82, 2.24) is 5.32 Å². The smallest absolute Gasteiger partial charge is 0.280 e. The highest BCUT2D eigenvalue weighted by molar-refractivity contribution is 6.16. The maximum absolute atomic E-state index is 12.5. The van der Waals surface area contributed by atoms with E-state index in [0.717, 1.165) is 18.4 Å². The zero-order chi connectivity index (χ0) is 14.5. The first-order chi connectivity index (χ1) is 9.41. The SMILES string of the molecule is Cc1ccc2c(c1)N(C)C(=O)C(C)(C(=O)NC1CC1)O2. The molecule has 106 valence electrons. The van der Waals surface area contributed by atoms with Crippen LogP contribution in [0.3, 0.4) is 0 Å². The Morgan fingerprint density at radius 2 is 2.15 bits per heavy atom. The lowest BCUT2D eigenvalue weighted by molar-refractivity contribution is -0.148. The molecule has 1 N–H and O–H groups in total. The molecule has 5 nitrogen and oxygen atoms in total. The predicted molar refractivity (Wildman–Crippen MR) is 74.8 cm³/mol. The van der Waals surface area contributed by atoms with Gasteiger partial charge in [0.1, 0.15) is 5.75 Å². The zero-order valence-corrected chi connectivity index (χ0v) is 11.9. The molecule has 0 saturated heterocycles. The van der Waals surface area contributed by atoms with Gasteiger partial charge in [0.2, 0.25) is 0 Å². The predicted octanol–water partition coefficient (Wildman–Crippen LogP) is 1.39. The maximum Gasteiger partial charge on any atom is 0.280 e. The first-order valence-corrected chi connectivity index (χ1v) is 6.80. The largest absolute Gasteiger partial charge is 0.466 e. The van der Waals surface area contributed by atoms with Crippen LogP contribution in [0.25, 0.3) is 0 Å². The van der Waals surface area contributed by atoms with Crippen molar-refractivity contribution in [3.05, 3.63) is 23.8 Å². The molecule has 20 heavy (non-hydrogen) atoms. The number of anilines is 1. The number of hydrogen-bond donors (Lipinski definition) is 1. The van der Waals surface area contributed by atoms with E-state index in [4.69, 9.17) is 4.74 Å². The number of ether oxygens (including phenoxy) is 1. The Kier molecular flexibility index (Phi) is 2.74. The van der Waals surface area contributed by atoms with E-state index in [1.807, 2.05) is 19.1 Å². The second-order valence-electron chi connectivity index (χ2n) is 5.72. The van der Waals surface area contributed by atoms with Crippen molar-refractivity contribution in [3.8, 4) is 5.75 Å². The summed E-state index contributed by atoms with van der Waals surface area (Å²) >= 11 is 0. The van der Waals surface area contributed by atoms with Gasteiger partial charge in [-0.3, -0.25) is 9.59 Å². The summed E-state index contributed by atoms with van der Waals surface area (Å²) in [6.45, 7) is 3.48. The molecular weight excluding hydrogens is 256 g/mol. The van der Waals surface area contributed by atoms with Crippen molar-refractivity contribution in [3.63, 3.8) is 0 Å². The molecule has 3 rings (SSSR count). The molecule has 0 radical (unpaired) electrons. The molecule has 1 aromatic carbocycles. The van der Waals surface area contributed by atoms with Crippen molar-refractivity contribution < 1.29 is 14.3 Å². The van der Waals surface area contributed by atoms with Gasteiger partial charge < -0.3 is 15.0 Å². The van der Waals surface area contributed by atoms with Gasteiger partial charge in [-0.2, -0.15) is 0 Å². The molecule has 1 heterocycles. The van der Waals surface area contributed by atoms with Crippen LogP contribution in [0.2, 0.25) is 0 Å². The molecule has 2 amide bonds. The number of carbonyl (C=O) groups excluding carboxylic acids is 2. The number of amides is 2. The molecule has 1 saturated carbocycles. The fourth-order valence-electron chi connectivity index (χ4n) is 2.36. The average molecular weight is 274 g/mol.